The van der Waals surface area contributed by atoms with E-state index in [2.05, 4.69) is 15.5 Å². The van der Waals surface area contributed by atoms with E-state index in [1.807, 2.05) is 0 Å². The zero-order valence-electron chi connectivity index (χ0n) is 17.4. The molecule has 2 aromatic rings. The molecular formula is C19H26N4O6S. The van der Waals surface area contributed by atoms with E-state index in [9.17, 15) is 13.2 Å². The van der Waals surface area contributed by atoms with Crippen molar-refractivity contribution >= 4 is 15.9 Å². The molecule has 3 rings (SSSR count). The van der Waals surface area contributed by atoms with E-state index >= 15 is 0 Å². The number of rotatable bonds is 7. The maximum absolute atomic E-state index is 13.0. The van der Waals surface area contributed by atoms with Gasteiger partial charge < -0.3 is 19.3 Å². The van der Waals surface area contributed by atoms with Gasteiger partial charge in [0.05, 0.1) is 19.1 Å². The smallest absolute Gasteiger partial charge is 0.248 e. The van der Waals surface area contributed by atoms with E-state index in [1.165, 1.54) is 30.7 Å². The highest BCUT2D eigenvalue weighted by Gasteiger charge is 2.33. The van der Waals surface area contributed by atoms with Crippen molar-refractivity contribution in [3.63, 3.8) is 0 Å². The molecule has 0 bridgehead atoms. The normalized spacial score (nSPS) is 16.8. The average Bonchev–Trinajstić information content (AvgIpc) is 3.19. The lowest BCUT2D eigenvalue weighted by Crippen LogP contribution is -2.43. The van der Waals surface area contributed by atoms with Crippen LogP contribution in [-0.4, -0.2) is 56.1 Å². The van der Waals surface area contributed by atoms with Crippen molar-refractivity contribution in [2.75, 3.05) is 27.3 Å². The van der Waals surface area contributed by atoms with Crippen LogP contribution in [0.5, 0.6) is 11.5 Å². The molecule has 10 nitrogen and oxygen atoms in total. The Balaban J connectivity index is 1.62. The molecular weight excluding hydrogens is 412 g/mol. The monoisotopic (exact) mass is 438 g/mol. The Morgan fingerprint density at radius 3 is 2.47 bits per heavy atom. The van der Waals surface area contributed by atoms with Crippen LogP contribution in [0.25, 0.3) is 0 Å². The maximum Gasteiger partial charge on any atom is 0.248 e. The van der Waals surface area contributed by atoms with Crippen LogP contribution in [-0.2, 0) is 14.8 Å². The molecule has 0 radical (unpaired) electrons. The van der Waals surface area contributed by atoms with Gasteiger partial charge in [-0.2, -0.15) is 9.29 Å². The van der Waals surface area contributed by atoms with Crippen LogP contribution in [0.3, 0.4) is 0 Å². The van der Waals surface area contributed by atoms with Crippen molar-refractivity contribution in [2.45, 2.75) is 37.6 Å². The highest BCUT2D eigenvalue weighted by Crippen LogP contribution is 2.32. The minimum absolute atomic E-state index is 0.128. The summed E-state index contributed by atoms with van der Waals surface area (Å²) in [6.07, 6.45) is 0.849. The van der Waals surface area contributed by atoms with E-state index < -0.39 is 16.1 Å². The predicted molar refractivity (Wildman–Crippen MR) is 107 cm³/mol. The number of nitrogens with one attached hydrogen (secondary N) is 1. The van der Waals surface area contributed by atoms with Gasteiger partial charge in [-0.05, 0) is 38.8 Å². The van der Waals surface area contributed by atoms with Gasteiger partial charge in [0.25, 0.3) is 0 Å². The SMILES string of the molecule is COc1ccc(S(=O)(=O)N2CCC(C(=O)NC(C)c3nc(C)no3)CC2)cc1OC. The second kappa shape index (κ2) is 9.00. The molecule has 2 heterocycles. The fourth-order valence-corrected chi connectivity index (χ4v) is 4.85. The number of amides is 1. The summed E-state index contributed by atoms with van der Waals surface area (Å²) < 4.78 is 42.8. The molecule has 1 aromatic heterocycles. The first-order valence-electron chi connectivity index (χ1n) is 9.59. The third-order valence-corrected chi connectivity index (χ3v) is 6.98. The zero-order chi connectivity index (χ0) is 21.9. The number of piperidine rings is 1. The number of nitrogens with zero attached hydrogens (tertiary/aromatic N) is 3. The predicted octanol–water partition coefficient (Wildman–Crippen LogP) is 1.67. The number of ether oxygens (including phenoxy) is 2. The van der Waals surface area contributed by atoms with Crippen LogP contribution in [0.4, 0.5) is 0 Å². The Labute approximate surface area is 175 Å². The Hall–Kier alpha value is -2.66. The number of aryl methyl sites for hydroxylation is 1. The van der Waals surface area contributed by atoms with Gasteiger partial charge >= 0.3 is 0 Å². The number of methoxy groups -OCH3 is 2. The third kappa shape index (κ3) is 4.57. The standard InChI is InChI=1S/C19H26N4O6S/c1-12(19-21-13(2)22-29-19)20-18(24)14-7-9-23(10-8-14)30(25,26)15-5-6-16(27-3)17(11-15)28-4/h5-6,11-12,14H,7-10H2,1-4H3,(H,20,24). The lowest BCUT2D eigenvalue weighted by Gasteiger charge is -2.31. The Bertz CT molecular complexity index is 998. The number of carbonyl (C=O) groups is 1. The molecule has 1 N–H and O–H groups in total. The quantitative estimate of drug-likeness (QED) is 0.692. The highest BCUT2D eigenvalue weighted by molar-refractivity contribution is 7.89. The Kier molecular flexibility index (Phi) is 6.61. The first kappa shape index (κ1) is 22.0. The molecule has 0 saturated carbocycles. The van der Waals surface area contributed by atoms with Crippen LogP contribution in [0.1, 0.15) is 37.5 Å². The Morgan fingerprint density at radius 2 is 1.90 bits per heavy atom. The highest BCUT2D eigenvalue weighted by atomic mass is 32.2. The number of carbonyl (C=O) groups excluding carboxylic acids is 1. The molecule has 1 fully saturated rings. The number of benzene rings is 1. The van der Waals surface area contributed by atoms with Gasteiger partial charge in [-0.3, -0.25) is 4.79 Å². The van der Waals surface area contributed by atoms with Crippen molar-refractivity contribution in [2.24, 2.45) is 5.92 Å². The number of sulfonamides is 1. The molecule has 1 aromatic carbocycles. The molecule has 1 atom stereocenters. The summed E-state index contributed by atoms with van der Waals surface area (Å²) in [6.45, 7) is 3.98. The number of hydrogen-bond acceptors (Lipinski definition) is 8. The summed E-state index contributed by atoms with van der Waals surface area (Å²) in [6, 6.07) is 4.09. The third-order valence-electron chi connectivity index (χ3n) is 5.09. The minimum Gasteiger partial charge on any atom is -0.493 e. The molecule has 0 spiro atoms. The van der Waals surface area contributed by atoms with Crippen LogP contribution in [0.2, 0.25) is 0 Å². The number of aromatic nitrogens is 2. The van der Waals surface area contributed by atoms with Gasteiger partial charge in [-0.25, -0.2) is 8.42 Å². The lowest BCUT2D eigenvalue weighted by atomic mass is 9.97. The fraction of sp³-hybridized carbons (Fsp3) is 0.526. The van der Waals surface area contributed by atoms with E-state index in [1.54, 1.807) is 19.9 Å². The maximum atomic E-state index is 13.0. The van der Waals surface area contributed by atoms with Gasteiger partial charge in [0.2, 0.25) is 21.8 Å². The van der Waals surface area contributed by atoms with Gasteiger partial charge in [0.1, 0.15) is 6.04 Å². The van der Waals surface area contributed by atoms with Gasteiger partial charge in [-0.15, -0.1) is 0 Å². The fourth-order valence-electron chi connectivity index (χ4n) is 3.37. The summed E-state index contributed by atoms with van der Waals surface area (Å²) in [5.74, 6) is 1.21. The van der Waals surface area contributed by atoms with Crippen LogP contribution >= 0.6 is 0 Å². The lowest BCUT2D eigenvalue weighted by molar-refractivity contribution is -0.126. The van der Waals surface area contributed by atoms with Crippen molar-refractivity contribution < 1.29 is 27.2 Å². The topological polar surface area (TPSA) is 124 Å². The first-order valence-corrected chi connectivity index (χ1v) is 11.0. The van der Waals surface area contributed by atoms with E-state index in [0.29, 0.717) is 36.1 Å². The summed E-state index contributed by atoms with van der Waals surface area (Å²) in [5.41, 5.74) is 0. The summed E-state index contributed by atoms with van der Waals surface area (Å²) in [4.78, 5) is 16.8. The van der Waals surface area contributed by atoms with Crippen LogP contribution in [0.15, 0.2) is 27.6 Å². The zero-order valence-corrected chi connectivity index (χ0v) is 18.2. The summed E-state index contributed by atoms with van der Waals surface area (Å²) in [5, 5.41) is 6.58. The molecule has 1 unspecified atom stereocenters. The first-order chi connectivity index (χ1) is 14.3. The second-order valence-corrected chi connectivity index (χ2v) is 9.04. The van der Waals surface area contributed by atoms with E-state index in [0.717, 1.165) is 0 Å². The van der Waals surface area contributed by atoms with Crippen molar-refractivity contribution in [1.29, 1.82) is 0 Å². The molecule has 0 aliphatic carbocycles. The molecule has 164 valence electrons. The molecule has 11 heteroatoms. The van der Waals surface area contributed by atoms with Crippen LogP contribution < -0.4 is 14.8 Å². The van der Waals surface area contributed by atoms with E-state index in [4.69, 9.17) is 14.0 Å². The molecule has 1 amide bonds. The van der Waals surface area contributed by atoms with Crippen molar-refractivity contribution in [3.8, 4) is 11.5 Å². The van der Waals surface area contributed by atoms with Crippen molar-refractivity contribution in [3.05, 3.63) is 29.9 Å². The molecule has 1 saturated heterocycles. The average molecular weight is 439 g/mol. The van der Waals surface area contributed by atoms with Gasteiger partial charge in [-0.1, -0.05) is 5.16 Å². The van der Waals surface area contributed by atoms with Crippen LogP contribution in [0, 0.1) is 12.8 Å². The molecule has 1 aliphatic rings. The van der Waals surface area contributed by atoms with Crippen molar-refractivity contribution in [1.82, 2.24) is 19.8 Å². The number of hydrogen-bond donors (Lipinski definition) is 1. The van der Waals surface area contributed by atoms with Gasteiger partial charge in [0.15, 0.2) is 17.3 Å². The molecule has 30 heavy (non-hydrogen) atoms. The second-order valence-electron chi connectivity index (χ2n) is 7.11. The minimum atomic E-state index is -3.70. The largest absolute Gasteiger partial charge is 0.493 e. The van der Waals surface area contributed by atoms with E-state index in [-0.39, 0.29) is 29.8 Å². The summed E-state index contributed by atoms with van der Waals surface area (Å²) in [7, 11) is -0.757. The summed E-state index contributed by atoms with van der Waals surface area (Å²) >= 11 is 0. The van der Waals surface area contributed by atoms with Gasteiger partial charge in [0, 0.05) is 25.1 Å². The Morgan fingerprint density at radius 1 is 1.23 bits per heavy atom. The molecule has 1 aliphatic heterocycles.